The number of nitrogens with one attached hydrogen (secondary N) is 2. The number of benzene rings is 1. The molecule has 0 fully saturated rings. The highest BCUT2D eigenvalue weighted by Crippen LogP contribution is 2.19. The van der Waals surface area contributed by atoms with E-state index in [4.69, 9.17) is 5.11 Å². The number of hydrogen-bond donors (Lipinski definition) is 3. The summed E-state index contributed by atoms with van der Waals surface area (Å²) < 4.78 is 39.6. The van der Waals surface area contributed by atoms with E-state index in [1.54, 1.807) is 0 Å². The Morgan fingerprint density at radius 3 is 2.65 bits per heavy atom. The van der Waals surface area contributed by atoms with Gasteiger partial charge in [-0.05, 0) is 23.8 Å². The number of anilines is 1. The molecule has 106 valence electrons. The zero-order valence-electron chi connectivity index (χ0n) is 10.00. The van der Waals surface area contributed by atoms with Crippen molar-refractivity contribution < 1.29 is 17.9 Å². The Labute approximate surface area is 113 Å². The predicted molar refractivity (Wildman–Crippen MR) is 68.0 cm³/mol. The van der Waals surface area contributed by atoms with Gasteiger partial charge in [0.1, 0.15) is 10.7 Å². The van der Waals surface area contributed by atoms with Crippen molar-refractivity contribution in [2.75, 3.05) is 4.72 Å². The minimum Gasteiger partial charge on any atom is -0.392 e. The van der Waals surface area contributed by atoms with Crippen LogP contribution in [0.1, 0.15) is 5.56 Å². The first-order valence-corrected chi connectivity index (χ1v) is 6.88. The lowest BCUT2D eigenvalue weighted by Crippen LogP contribution is -2.17. The number of aliphatic hydroxyl groups is 1. The maximum absolute atomic E-state index is 13.6. The summed E-state index contributed by atoms with van der Waals surface area (Å²) in [5.74, 6) is -1.11. The smallest absolute Gasteiger partial charge is 0.266 e. The van der Waals surface area contributed by atoms with Crippen LogP contribution >= 0.6 is 0 Å². The van der Waals surface area contributed by atoms with Gasteiger partial charge in [-0.25, -0.2) is 17.9 Å². The third-order valence-electron chi connectivity index (χ3n) is 2.39. The van der Waals surface area contributed by atoms with E-state index in [-0.39, 0.29) is 11.4 Å². The Hall–Kier alpha value is -2.26. The highest BCUT2D eigenvalue weighted by Gasteiger charge is 2.20. The van der Waals surface area contributed by atoms with Gasteiger partial charge in [-0.15, -0.1) is 0 Å². The van der Waals surface area contributed by atoms with E-state index in [1.165, 1.54) is 6.07 Å². The van der Waals surface area contributed by atoms with Gasteiger partial charge in [-0.1, -0.05) is 6.07 Å². The SMILES string of the molecule is O=c1ccc(NS(=O)(=O)c2cc(CO)ccc2F)n[nH]1. The van der Waals surface area contributed by atoms with E-state index in [2.05, 4.69) is 5.10 Å². The molecule has 0 bridgehead atoms. The van der Waals surface area contributed by atoms with Crippen LogP contribution in [0.25, 0.3) is 0 Å². The summed E-state index contributed by atoms with van der Waals surface area (Å²) in [5.41, 5.74) is -0.248. The number of aromatic amines is 1. The molecule has 0 saturated carbocycles. The monoisotopic (exact) mass is 299 g/mol. The van der Waals surface area contributed by atoms with Crippen LogP contribution in [0.15, 0.2) is 40.0 Å². The van der Waals surface area contributed by atoms with Crippen molar-refractivity contribution in [3.8, 4) is 0 Å². The predicted octanol–water partition coefficient (Wildman–Crippen LogP) is 0.202. The molecule has 0 aliphatic rings. The molecule has 1 aromatic carbocycles. The summed E-state index contributed by atoms with van der Waals surface area (Å²) in [6.07, 6.45) is 0. The van der Waals surface area contributed by atoms with Gasteiger partial charge in [0.25, 0.3) is 15.6 Å². The van der Waals surface area contributed by atoms with Gasteiger partial charge in [-0.2, -0.15) is 5.10 Å². The normalized spacial score (nSPS) is 11.3. The van der Waals surface area contributed by atoms with E-state index in [0.29, 0.717) is 0 Å². The molecule has 2 aromatic rings. The minimum absolute atomic E-state index is 0.154. The molecule has 0 unspecified atom stereocenters. The first-order chi connectivity index (χ1) is 9.42. The molecule has 1 aromatic heterocycles. The number of aromatic nitrogens is 2. The summed E-state index contributed by atoms with van der Waals surface area (Å²) in [4.78, 5) is 10.2. The molecular formula is C11H10FN3O4S. The number of hydrogen-bond acceptors (Lipinski definition) is 5. The van der Waals surface area contributed by atoms with E-state index in [9.17, 15) is 17.6 Å². The van der Waals surface area contributed by atoms with Crippen LogP contribution in [0.2, 0.25) is 0 Å². The maximum Gasteiger partial charge on any atom is 0.266 e. The fourth-order valence-electron chi connectivity index (χ4n) is 1.45. The van der Waals surface area contributed by atoms with Crippen LogP contribution in [0, 0.1) is 5.82 Å². The molecule has 2 rings (SSSR count). The molecule has 3 N–H and O–H groups in total. The van der Waals surface area contributed by atoms with Crippen molar-refractivity contribution in [2.24, 2.45) is 0 Å². The molecule has 9 heteroatoms. The van der Waals surface area contributed by atoms with Crippen molar-refractivity contribution in [3.05, 3.63) is 52.1 Å². The van der Waals surface area contributed by atoms with E-state index >= 15 is 0 Å². The van der Waals surface area contributed by atoms with Crippen molar-refractivity contribution in [1.82, 2.24) is 10.2 Å². The van der Waals surface area contributed by atoms with Crippen LogP contribution in [-0.2, 0) is 16.6 Å². The highest BCUT2D eigenvalue weighted by molar-refractivity contribution is 7.92. The third-order valence-corrected chi connectivity index (χ3v) is 3.76. The molecule has 20 heavy (non-hydrogen) atoms. The van der Waals surface area contributed by atoms with Crippen molar-refractivity contribution >= 4 is 15.8 Å². The van der Waals surface area contributed by atoms with E-state index < -0.39 is 32.9 Å². The molecule has 0 aliphatic heterocycles. The standard InChI is InChI=1S/C11H10FN3O4S/c12-8-2-1-7(6-16)5-9(8)20(18,19)15-10-3-4-11(17)14-13-10/h1-5,16H,6H2,(H,13,15)(H,14,17). The Morgan fingerprint density at radius 2 is 2.05 bits per heavy atom. The number of aliphatic hydroxyl groups excluding tert-OH is 1. The second-order valence-corrected chi connectivity index (χ2v) is 5.49. The molecule has 0 spiro atoms. The summed E-state index contributed by atoms with van der Waals surface area (Å²) in [7, 11) is -4.21. The lowest BCUT2D eigenvalue weighted by atomic mass is 10.2. The Kier molecular flexibility index (Phi) is 3.81. The van der Waals surface area contributed by atoms with Gasteiger partial charge in [0, 0.05) is 6.07 Å². The van der Waals surface area contributed by atoms with Crippen LogP contribution in [-0.4, -0.2) is 23.7 Å². The molecule has 0 radical (unpaired) electrons. The topological polar surface area (TPSA) is 112 Å². The quantitative estimate of drug-likeness (QED) is 0.746. The summed E-state index contributed by atoms with van der Waals surface area (Å²) in [5, 5.41) is 14.5. The number of rotatable bonds is 4. The number of halogens is 1. The third kappa shape index (κ3) is 3.00. The summed E-state index contributed by atoms with van der Waals surface area (Å²) in [6, 6.07) is 5.45. The fourth-order valence-corrected chi connectivity index (χ4v) is 2.58. The fraction of sp³-hybridized carbons (Fsp3) is 0.0909. The van der Waals surface area contributed by atoms with Crippen LogP contribution in [0.4, 0.5) is 10.2 Å². The van der Waals surface area contributed by atoms with Gasteiger partial charge in [0.2, 0.25) is 0 Å². The molecule has 0 atom stereocenters. The minimum atomic E-state index is -4.21. The Bertz CT molecular complexity index is 768. The summed E-state index contributed by atoms with van der Waals surface area (Å²) in [6.45, 7) is -0.417. The molecule has 7 nitrogen and oxygen atoms in total. The lowest BCUT2D eigenvalue weighted by molar-refractivity contribution is 0.281. The van der Waals surface area contributed by atoms with Gasteiger partial charge < -0.3 is 5.11 Å². The Morgan fingerprint density at radius 1 is 1.30 bits per heavy atom. The van der Waals surface area contributed by atoms with E-state index in [1.807, 2.05) is 9.82 Å². The lowest BCUT2D eigenvalue weighted by Gasteiger charge is -2.08. The summed E-state index contributed by atoms with van der Waals surface area (Å²) >= 11 is 0. The second-order valence-electron chi connectivity index (χ2n) is 3.83. The largest absolute Gasteiger partial charge is 0.392 e. The number of sulfonamides is 1. The number of nitrogens with zero attached hydrogens (tertiary/aromatic N) is 1. The second kappa shape index (κ2) is 5.39. The molecule has 0 saturated heterocycles. The molecule has 0 amide bonds. The van der Waals surface area contributed by atoms with Gasteiger partial charge in [0.15, 0.2) is 5.82 Å². The van der Waals surface area contributed by atoms with Gasteiger partial charge in [0.05, 0.1) is 6.61 Å². The first kappa shape index (κ1) is 14.2. The first-order valence-electron chi connectivity index (χ1n) is 5.40. The zero-order chi connectivity index (χ0) is 14.8. The molecule has 0 aliphatic carbocycles. The average molecular weight is 299 g/mol. The van der Waals surface area contributed by atoms with Crippen molar-refractivity contribution in [3.63, 3.8) is 0 Å². The Balaban J connectivity index is 2.40. The van der Waals surface area contributed by atoms with Crippen LogP contribution in [0.3, 0.4) is 0 Å². The number of H-pyrrole nitrogens is 1. The van der Waals surface area contributed by atoms with E-state index in [0.717, 1.165) is 24.3 Å². The maximum atomic E-state index is 13.6. The van der Waals surface area contributed by atoms with Crippen molar-refractivity contribution in [1.29, 1.82) is 0 Å². The highest BCUT2D eigenvalue weighted by atomic mass is 32.2. The zero-order valence-corrected chi connectivity index (χ0v) is 10.8. The average Bonchev–Trinajstić information content (AvgIpc) is 2.41. The van der Waals surface area contributed by atoms with Crippen LogP contribution < -0.4 is 10.3 Å². The van der Waals surface area contributed by atoms with Crippen LogP contribution in [0.5, 0.6) is 0 Å². The molecule has 1 heterocycles. The van der Waals surface area contributed by atoms with Gasteiger partial charge >= 0.3 is 0 Å². The molecular weight excluding hydrogens is 289 g/mol. The van der Waals surface area contributed by atoms with Crippen molar-refractivity contribution in [2.45, 2.75) is 11.5 Å². The van der Waals surface area contributed by atoms with Gasteiger partial charge in [-0.3, -0.25) is 9.52 Å².